The van der Waals surface area contributed by atoms with E-state index in [4.69, 9.17) is 0 Å². The number of hydrogen-bond acceptors (Lipinski definition) is 5. The molecule has 2 amide bonds. The summed E-state index contributed by atoms with van der Waals surface area (Å²) in [5.41, 5.74) is 6.72. The van der Waals surface area contributed by atoms with Crippen molar-refractivity contribution in [3.05, 3.63) is 59.2 Å². The van der Waals surface area contributed by atoms with E-state index in [1.807, 2.05) is 19.9 Å². The lowest BCUT2D eigenvalue weighted by Crippen LogP contribution is -2.41. The van der Waals surface area contributed by atoms with Crippen LogP contribution in [0.25, 0.3) is 0 Å². The largest absolute Gasteiger partial charge is 0.449 e. The normalized spacial score (nSPS) is 10.8. The Morgan fingerprint density at radius 2 is 1.67 bits per heavy atom. The Bertz CT molecular complexity index is 940. The predicted molar refractivity (Wildman–Crippen MR) is 101 cm³/mol. The van der Waals surface area contributed by atoms with Crippen molar-refractivity contribution >= 4 is 27.7 Å². The summed E-state index contributed by atoms with van der Waals surface area (Å²) in [6.45, 7) is 5.52. The van der Waals surface area contributed by atoms with Gasteiger partial charge in [0.1, 0.15) is 0 Å². The first-order valence-electron chi connectivity index (χ1n) is 8.17. The topological polar surface area (TPSA) is 114 Å². The highest BCUT2D eigenvalue weighted by atomic mass is 32.2. The zero-order valence-electron chi connectivity index (χ0n) is 15.2. The summed E-state index contributed by atoms with van der Waals surface area (Å²) < 4.78 is 32.3. The van der Waals surface area contributed by atoms with Gasteiger partial charge in [-0.3, -0.25) is 14.9 Å². The van der Waals surface area contributed by atoms with Crippen molar-refractivity contribution in [1.82, 2.24) is 10.9 Å². The molecule has 0 heterocycles. The summed E-state index contributed by atoms with van der Waals surface area (Å²) in [5, 5.41) is 0. The molecule has 0 atom stereocenters. The summed E-state index contributed by atoms with van der Waals surface area (Å²) in [6.07, 6.45) is -0.789. The fourth-order valence-corrected chi connectivity index (χ4v) is 3.32. The molecule has 0 radical (unpaired) electrons. The van der Waals surface area contributed by atoms with Crippen LogP contribution in [0.2, 0.25) is 0 Å². The van der Waals surface area contributed by atoms with Gasteiger partial charge in [0, 0.05) is 5.56 Å². The summed E-state index contributed by atoms with van der Waals surface area (Å²) in [7, 11) is -3.80. The summed E-state index contributed by atoms with van der Waals surface area (Å²) in [6, 6.07) is 10.7. The zero-order valence-corrected chi connectivity index (χ0v) is 16.0. The first-order chi connectivity index (χ1) is 12.7. The lowest BCUT2D eigenvalue weighted by atomic mass is 10.1. The minimum Gasteiger partial charge on any atom is -0.449 e. The molecular weight excluding hydrogens is 370 g/mol. The quantitative estimate of drug-likeness (QED) is 0.678. The highest BCUT2D eigenvalue weighted by Gasteiger charge is 2.17. The Balaban J connectivity index is 2.10. The molecule has 0 fully saturated rings. The van der Waals surface area contributed by atoms with Gasteiger partial charge in [-0.25, -0.2) is 18.6 Å². The number of sulfonamides is 1. The number of carbonyl (C=O) groups is 2. The summed E-state index contributed by atoms with van der Waals surface area (Å²) in [4.78, 5) is 23.1. The van der Waals surface area contributed by atoms with E-state index in [1.165, 1.54) is 24.3 Å². The first-order valence-corrected chi connectivity index (χ1v) is 9.65. The number of hydrogen-bond donors (Lipinski definition) is 3. The van der Waals surface area contributed by atoms with Gasteiger partial charge in [-0.2, -0.15) is 0 Å². The van der Waals surface area contributed by atoms with Crippen LogP contribution < -0.4 is 15.6 Å². The van der Waals surface area contributed by atoms with Crippen molar-refractivity contribution in [3.8, 4) is 0 Å². The van der Waals surface area contributed by atoms with Gasteiger partial charge in [-0.05, 0) is 62.2 Å². The standard InChI is InChI=1S/C18H21N3O5S/c1-4-26-18(23)20-19-17(22)14-8-10-15(11-9-14)27(24,25)21-16-7-5-6-12(2)13(16)3/h5-11,21H,4H2,1-3H3,(H,19,22)(H,20,23). The molecule has 0 unspecified atom stereocenters. The molecule has 0 aliphatic carbocycles. The fraction of sp³-hybridized carbons (Fsp3) is 0.222. The minimum absolute atomic E-state index is 0.0123. The second-order valence-corrected chi connectivity index (χ2v) is 7.36. The molecule has 9 heteroatoms. The van der Waals surface area contributed by atoms with Crippen molar-refractivity contribution in [2.24, 2.45) is 0 Å². The van der Waals surface area contributed by atoms with Gasteiger partial charge in [0.05, 0.1) is 17.2 Å². The molecule has 27 heavy (non-hydrogen) atoms. The maximum absolute atomic E-state index is 12.5. The number of aryl methyl sites for hydroxylation is 1. The molecule has 0 saturated heterocycles. The van der Waals surface area contributed by atoms with E-state index in [0.29, 0.717) is 5.69 Å². The summed E-state index contributed by atoms with van der Waals surface area (Å²) in [5.74, 6) is -0.602. The molecule has 8 nitrogen and oxygen atoms in total. The van der Waals surface area contributed by atoms with Crippen LogP contribution in [0.15, 0.2) is 47.4 Å². The second kappa shape index (κ2) is 8.54. The van der Waals surface area contributed by atoms with Gasteiger partial charge >= 0.3 is 6.09 Å². The molecule has 0 aromatic heterocycles. The van der Waals surface area contributed by atoms with E-state index >= 15 is 0 Å². The Labute approximate surface area is 157 Å². The van der Waals surface area contributed by atoms with Gasteiger partial charge in [-0.1, -0.05) is 12.1 Å². The molecule has 0 bridgehead atoms. The van der Waals surface area contributed by atoms with E-state index in [9.17, 15) is 18.0 Å². The molecule has 2 rings (SSSR count). The van der Waals surface area contributed by atoms with Crippen LogP contribution in [-0.2, 0) is 14.8 Å². The maximum atomic E-state index is 12.5. The lowest BCUT2D eigenvalue weighted by Gasteiger charge is -2.12. The molecule has 144 valence electrons. The minimum atomic E-state index is -3.80. The van der Waals surface area contributed by atoms with Crippen LogP contribution >= 0.6 is 0 Å². The molecule has 2 aromatic carbocycles. The van der Waals surface area contributed by atoms with Crippen molar-refractivity contribution in [3.63, 3.8) is 0 Å². The van der Waals surface area contributed by atoms with Gasteiger partial charge < -0.3 is 4.74 Å². The van der Waals surface area contributed by atoms with E-state index in [-0.39, 0.29) is 17.1 Å². The van der Waals surface area contributed by atoms with Crippen LogP contribution in [0.4, 0.5) is 10.5 Å². The van der Waals surface area contributed by atoms with E-state index in [2.05, 4.69) is 20.3 Å². The lowest BCUT2D eigenvalue weighted by molar-refractivity contribution is 0.0912. The van der Waals surface area contributed by atoms with Crippen molar-refractivity contribution in [2.45, 2.75) is 25.7 Å². The van der Waals surface area contributed by atoms with Crippen molar-refractivity contribution in [1.29, 1.82) is 0 Å². The highest BCUT2D eigenvalue weighted by Crippen LogP contribution is 2.22. The van der Waals surface area contributed by atoms with E-state index in [0.717, 1.165) is 11.1 Å². The molecular formula is C18H21N3O5S. The SMILES string of the molecule is CCOC(=O)NNC(=O)c1ccc(S(=O)(=O)Nc2cccc(C)c2C)cc1. The third-order valence-corrected chi connectivity index (χ3v) is 5.21. The van der Waals surface area contributed by atoms with E-state index in [1.54, 1.807) is 19.1 Å². The molecule has 0 saturated carbocycles. The number of benzene rings is 2. The third kappa shape index (κ3) is 5.20. The zero-order chi connectivity index (χ0) is 20.0. The van der Waals surface area contributed by atoms with E-state index < -0.39 is 22.0 Å². The summed E-state index contributed by atoms with van der Waals surface area (Å²) >= 11 is 0. The molecule has 2 aromatic rings. The predicted octanol–water partition coefficient (Wildman–Crippen LogP) is 2.50. The van der Waals surface area contributed by atoms with Crippen molar-refractivity contribution in [2.75, 3.05) is 11.3 Å². The number of hydrazine groups is 1. The number of amides is 2. The Morgan fingerprint density at radius 3 is 2.30 bits per heavy atom. The average molecular weight is 391 g/mol. The van der Waals surface area contributed by atoms with Gasteiger partial charge in [-0.15, -0.1) is 0 Å². The number of rotatable bonds is 5. The second-order valence-electron chi connectivity index (χ2n) is 5.68. The molecule has 0 aliphatic heterocycles. The average Bonchev–Trinajstić information content (AvgIpc) is 2.64. The molecule has 3 N–H and O–H groups in total. The number of anilines is 1. The van der Waals surface area contributed by atoms with Crippen LogP contribution in [0.3, 0.4) is 0 Å². The number of nitrogens with one attached hydrogen (secondary N) is 3. The van der Waals surface area contributed by atoms with Gasteiger partial charge in [0.25, 0.3) is 15.9 Å². The third-order valence-electron chi connectivity index (χ3n) is 3.83. The van der Waals surface area contributed by atoms with Crippen LogP contribution in [0, 0.1) is 13.8 Å². The number of ether oxygens (including phenoxy) is 1. The van der Waals surface area contributed by atoms with Gasteiger partial charge in [0.2, 0.25) is 0 Å². The Hall–Kier alpha value is -3.07. The fourth-order valence-electron chi connectivity index (χ4n) is 2.20. The first kappa shape index (κ1) is 20.2. The maximum Gasteiger partial charge on any atom is 0.426 e. The molecule has 0 aliphatic rings. The Morgan fingerprint density at radius 1 is 1.00 bits per heavy atom. The van der Waals surface area contributed by atoms with Crippen LogP contribution in [0.1, 0.15) is 28.4 Å². The van der Waals surface area contributed by atoms with Crippen molar-refractivity contribution < 1.29 is 22.7 Å². The van der Waals surface area contributed by atoms with Crippen LogP contribution in [-0.4, -0.2) is 27.0 Å². The highest BCUT2D eigenvalue weighted by molar-refractivity contribution is 7.92. The number of carbonyl (C=O) groups excluding carboxylic acids is 2. The van der Waals surface area contributed by atoms with Gasteiger partial charge in [0.15, 0.2) is 0 Å². The Kier molecular flexibility index (Phi) is 6.40. The monoisotopic (exact) mass is 391 g/mol. The smallest absolute Gasteiger partial charge is 0.426 e. The van der Waals surface area contributed by atoms with Crippen LogP contribution in [0.5, 0.6) is 0 Å². The molecule has 0 spiro atoms.